The minimum Gasteiger partial charge on any atom is -0.468 e. The molecule has 15 heavy (non-hydrogen) atoms. The Morgan fingerprint density at radius 2 is 2.13 bits per heavy atom. The summed E-state index contributed by atoms with van der Waals surface area (Å²) in [5.74, 6) is -0.439. The Morgan fingerprint density at radius 3 is 2.80 bits per heavy atom. The monoisotopic (exact) mass is 273 g/mol. The number of nitrogens with one attached hydrogen (secondary N) is 1. The summed E-state index contributed by atoms with van der Waals surface area (Å²) in [4.78, 5) is 11.6. The smallest absolute Gasteiger partial charge is 0.258 e. The van der Waals surface area contributed by atoms with Crippen molar-refractivity contribution in [2.75, 3.05) is 0 Å². The number of hydrogen-bond acceptors (Lipinski definition) is 2. The maximum Gasteiger partial charge on any atom is 0.258 e. The second kappa shape index (κ2) is 3.20. The van der Waals surface area contributed by atoms with Crippen LogP contribution in [0.4, 0.5) is 4.39 Å². The third-order valence-electron chi connectivity index (χ3n) is 2.05. The Bertz CT molecular complexity index is 445. The lowest BCUT2D eigenvalue weighted by molar-refractivity contribution is 0.0430. The van der Waals surface area contributed by atoms with E-state index in [0.29, 0.717) is 5.56 Å². The molecular weight excluding hydrogens is 265 g/mol. The number of benzene rings is 1. The lowest BCUT2D eigenvalue weighted by Gasteiger charge is -2.33. The Kier molecular flexibility index (Phi) is 2.22. The van der Waals surface area contributed by atoms with Gasteiger partial charge in [-0.1, -0.05) is 0 Å². The summed E-state index contributed by atoms with van der Waals surface area (Å²) in [7, 11) is 0. The Hall–Kier alpha value is -1.10. The zero-order chi connectivity index (χ0) is 11.2. The number of halogens is 2. The van der Waals surface area contributed by atoms with Gasteiger partial charge in [0.2, 0.25) is 0 Å². The first-order chi connectivity index (χ1) is 6.89. The van der Waals surface area contributed by atoms with Crippen molar-refractivity contribution in [1.29, 1.82) is 0 Å². The van der Waals surface area contributed by atoms with Gasteiger partial charge in [-0.15, -0.1) is 0 Å². The normalized spacial score (nSPS) is 17.7. The number of carbonyl (C=O) groups is 1. The van der Waals surface area contributed by atoms with E-state index in [4.69, 9.17) is 4.74 Å². The molecule has 0 fully saturated rings. The van der Waals surface area contributed by atoms with Crippen LogP contribution >= 0.6 is 15.9 Å². The summed E-state index contributed by atoms with van der Waals surface area (Å²) in [5.41, 5.74) is -0.465. The molecule has 0 saturated carbocycles. The van der Waals surface area contributed by atoms with Crippen LogP contribution in [-0.2, 0) is 0 Å². The highest BCUT2D eigenvalue weighted by molar-refractivity contribution is 9.10. The molecule has 1 aromatic carbocycles. The Morgan fingerprint density at radius 1 is 1.47 bits per heavy atom. The highest BCUT2D eigenvalue weighted by Gasteiger charge is 2.32. The van der Waals surface area contributed by atoms with Gasteiger partial charge in [0.15, 0.2) is 5.72 Å². The van der Waals surface area contributed by atoms with Crippen molar-refractivity contribution in [1.82, 2.24) is 5.32 Å². The lowest BCUT2D eigenvalue weighted by atomic mass is 10.1. The van der Waals surface area contributed by atoms with E-state index < -0.39 is 11.5 Å². The van der Waals surface area contributed by atoms with Crippen LogP contribution in [0.2, 0.25) is 0 Å². The van der Waals surface area contributed by atoms with Gasteiger partial charge >= 0.3 is 0 Å². The van der Waals surface area contributed by atoms with Crippen LogP contribution in [0, 0.1) is 5.82 Å². The second-order valence-electron chi connectivity index (χ2n) is 3.83. The summed E-state index contributed by atoms with van der Waals surface area (Å²) in [5, 5.41) is 2.65. The lowest BCUT2D eigenvalue weighted by Crippen LogP contribution is -2.51. The molecule has 0 spiro atoms. The Labute approximate surface area is 94.7 Å². The first-order valence-corrected chi connectivity index (χ1v) is 5.19. The number of ether oxygens (including phenoxy) is 1. The molecule has 0 radical (unpaired) electrons. The van der Waals surface area contributed by atoms with Crippen molar-refractivity contribution in [2.45, 2.75) is 19.6 Å². The van der Waals surface area contributed by atoms with Gasteiger partial charge in [0.25, 0.3) is 5.91 Å². The van der Waals surface area contributed by atoms with Gasteiger partial charge in [-0.05, 0) is 35.8 Å². The molecule has 2 rings (SSSR count). The topological polar surface area (TPSA) is 38.3 Å². The first-order valence-electron chi connectivity index (χ1n) is 4.40. The predicted octanol–water partition coefficient (Wildman–Crippen LogP) is 2.45. The molecule has 0 unspecified atom stereocenters. The van der Waals surface area contributed by atoms with E-state index in [2.05, 4.69) is 21.2 Å². The van der Waals surface area contributed by atoms with Crippen molar-refractivity contribution < 1.29 is 13.9 Å². The second-order valence-corrected chi connectivity index (χ2v) is 4.68. The summed E-state index contributed by atoms with van der Waals surface area (Å²) in [6.45, 7) is 3.40. The van der Waals surface area contributed by atoms with E-state index in [-0.39, 0.29) is 16.1 Å². The van der Waals surface area contributed by atoms with Crippen LogP contribution in [0.1, 0.15) is 24.2 Å². The molecular formula is C10H9BrFNO2. The van der Waals surface area contributed by atoms with Gasteiger partial charge in [-0.3, -0.25) is 4.79 Å². The maximum atomic E-state index is 13.2. The van der Waals surface area contributed by atoms with Gasteiger partial charge < -0.3 is 10.1 Å². The average Bonchev–Trinajstić information content (AvgIpc) is 2.07. The fourth-order valence-electron chi connectivity index (χ4n) is 1.43. The van der Waals surface area contributed by atoms with Crippen LogP contribution in [0.15, 0.2) is 16.6 Å². The molecule has 0 atom stereocenters. The number of carbonyl (C=O) groups excluding carboxylic acids is 1. The van der Waals surface area contributed by atoms with E-state index in [1.165, 1.54) is 12.1 Å². The van der Waals surface area contributed by atoms with E-state index in [9.17, 15) is 9.18 Å². The third-order valence-corrected chi connectivity index (χ3v) is 2.65. The van der Waals surface area contributed by atoms with Gasteiger partial charge in [0.05, 0.1) is 10.0 Å². The number of amides is 1. The van der Waals surface area contributed by atoms with E-state index >= 15 is 0 Å². The molecule has 0 aliphatic carbocycles. The standard InChI is InChI=1S/C10H9BrFNO2/c1-10(2)13-9(14)5-3-6(11)7(12)4-8(5)15-10/h3-4H,1-2H3,(H,13,14). The highest BCUT2D eigenvalue weighted by Crippen LogP contribution is 2.31. The SMILES string of the molecule is CC1(C)NC(=O)c2cc(Br)c(F)cc2O1. The molecule has 1 N–H and O–H groups in total. The summed E-state index contributed by atoms with van der Waals surface area (Å²) in [6.07, 6.45) is 0. The van der Waals surface area contributed by atoms with Crippen LogP contribution < -0.4 is 10.1 Å². The number of fused-ring (bicyclic) bond motifs is 1. The summed E-state index contributed by atoms with van der Waals surface area (Å²) < 4.78 is 18.9. The zero-order valence-electron chi connectivity index (χ0n) is 8.23. The van der Waals surface area contributed by atoms with E-state index in [1.54, 1.807) is 13.8 Å². The van der Waals surface area contributed by atoms with Crippen molar-refractivity contribution >= 4 is 21.8 Å². The van der Waals surface area contributed by atoms with Crippen molar-refractivity contribution in [2.24, 2.45) is 0 Å². The zero-order valence-corrected chi connectivity index (χ0v) is 9.81. The molecule has 1 aliphatic rings. The first kappa shape index (κ1) is 10.4. The summed E-state index contributed by atoms with van der Waals surface area (Å²) in [6, 6.07) is 2.62. The predicted molar refractivity (Wildman–Crippen MR) is 56.3 cm³/mol. The highest BCUT2D eigenvalue weighted by atomic mass is 79.9. The fraction of sp³-hybridized carbons (Fsp3) is 0.300. The molecule has 1 heterocycles. The largest absolute Gasteiger partial charge is 0.468 e. The van der Waals surface area contributed by atoms with Gasteiger partial charge in [-0.2, -0.15) is 0 Å². The molecule has 3 nitrogen and oxygen atoms in total. The number of rotatable bonds is 0. The maximum absolute atomic E-state index is 13.2. The molecule has 0 aromatic heterocycles. The minimum atomic E-state index is -0.801. The number of hydrogen-bond donors (Lipinski definition) is 1. The van der Waals surface area contributed by atoms with Gasteiger partial charge in [0.1, 0.15) is 11.6 Å². The molecule has 0 saturated heterocycles. The van der Waals surface area contributed by atoms with Gasteiger partial charge in [-0.25, -0.2) is 4.39 Å². The molecule has 1 aliphatic heterocycles. The Balaban J connectivity index is 2.56. The summed E-state index contributed by atoms with van der Waals surface area (Å²) >= 11 is 3.02. The van der Waals surface area contributed by atoms with E-state index in [0.717, 1.165) is 0 Å². The van der Waals surface area contributed by atoms with Crippen LogP contribution in [0.5, 0.6) is 5.75 Å². The van der Waals surface area contributed by atoms with Gasteiger partial charge in [0, 0.05) is 6.07 Å². The van der Waals surface area contributed by atoms with Crippen molar-refractivity contribution in [3.05, 3.63) is 28.0 Å². The van der Waals surface area contributed by atoms with Crippen LogP contribution in [0.25, 0.3) is 0 Å². The quantitative estimate of drug-likeness (QED) is 0.789. The van der Waals surface area contributed by atoms with Crippen molar-refractivity contribution in [3.8, 4) is 5.75 Å². The average molecular weight is 274 g/mol. The van der Waals surface area contributed by atoms with Crippen LogP contribution in [-0.4, -0.2) is 11.6 Å². The van der Waals surface area contributed by atoms with E-state index in [1.807, 2.05) is 0 Å². The molecule has 80 valence electrons. The van der Waals surface area contributed by atoms with Crippen molar-refractivity contribution in [3.63, 3.8) is 0 Å². The molecule has 1 aromatic rings. The molecule has 0 bridgehead atoms. The van der Waals surface area contributed by atoms with Crippen LogP contribution in [0.3, 0.4) is 0 Å². The molecule has 1 amide bonds. The fourth-order valence-corrected chi connectivity index (χ4v) is 1.78. The molecule has 5 heteroatoms. The third kappa shape index (κ3) is 1.84. The minimum absolute atomic E-state index is 0.250.